The van der Waals surface area contributed by atoms with Crippen LogP contribution < -0.4 is 20.1 Å². The Morgan fingerprint density at radius 1 is 0.842 bits per heavy atom. The van der Waals surface area contributed by atoms with Gasteiger partial charge in [-0.1, -0.05) is 0 Å². The van der Waals surface area contributed by atoms with Gasteiger partial charge in [0.2, 0.25) is 5.89 Å². The maximum absolute atomic E-state index is 12.5. The van der Waals surface area contributed by atoms with Crippen molar-refractivity contribution in [3.63, 3.8) is 0 Å². The Kier molecular flexibility index (Phi) is 6.78. The van der Waals surface area contributed by atoms with Gasteiger partial charge in [0.05, 0.1) is 12.8 Å². The number of nitrogens with one attached hydrogen (secondary N) is 2. The van der Waals surface area contributed by atoms with Gasteiger partial charge in [-0.15, -0.1) is 0 Å². The van der Waals surface area contributed by atoms with Crippen LogP contribution in [0.5, 0.6) is 17.2 Å². The number of aromatic nitrogens is 3. The van der Waals surface area contributed by atoms with E-state index in [2.05, 4.69) is 25.6 Å². The van der Waals surface area contributed by atoms with E-state index < -0.39 is 23.4 Å². The molecule has 0 bridgehead atoms. The van der Waals surface area contributed by atoms with Gasteiger partial charge in [0.15, 0.2) is 11.6 Å². The molecule has 4 aromatic rings. The number of carbonyl (C=O) groups is 3. The molecule has 1 aliphatic heterocycles. The van der Waals surface area contributed by atoms with E-state index in [1.807, 2.05) is 0 Å². The maximum Gasteiger partial charge on any atom is 0.328 e. The lowest BCUT2D eigenvalue weighted by Gasteiger charge is -2.34. The molecule has 192 valence electrons. The summed E-state index contributed by atoms with van der Waals surface area (Å²) in [6.07, 6.45) is 4.72. The van der Waals surface area contributed by atoms with Gasteiger partial charge in [-0.25, -0.2) is 19.7 Å². The minimum atomic E-state index is -1.95. The maximum atomic E-state index is 12.5. The molecular formula is C26H21N5O7. The van der Waals surface area contributed by atoms with E-state index in [9.17, 15) is 14.4 Å². The molecular weight excluding hydrogens is 494 g/mol. The van der Waals surface area contributed by atoms with E-state index >= 15 is 0 Å². The number of carbonyl (C=O) groups excluding carboxylic acids is 3. The highest BCUT2D eigenvalue weighted by Crippen LogP contribution is 2.30. The second-order valence-corrected chi connectivity index (χ2v) is 8.11. The predicted octanol–water partition coefficient (Wildman–Crippen LogP) is 3.11. The third kappa shape index (κ3) is 5.06. The first-order valence-corrected chi connectivity index (χ1v) is 11.4. The second kappa shape index (κ2) is 10.5. The molecule has 0 spiro atoms. The molecule has 5 rings (SSSR count). The zero-order valence-electron chi connectivity index (χ0n) is 20.0. The summed E-state index contributed by atoms with van der Waals surface area (Å²) < 4.78 is 22.5. The first-order chi connectivity index (χ1) is 18.5. The number of barbiturate groups is 1. The normalized spacial score (nSPS) is 14.5. The van der Waals surface area contributed by atoms with Gasteiger partial charge in [0.25, 0.3) is 17.4 Å². The van der Waals surface area contributed by atoms with Crippen molar-refractivity contribution in [3.05, 3.63) is 73.2 Å². The minimum absolute atomic E-state index is 0.0566. The van der Waals surface area contributed by atoms with E-state index in [1.54, 1.807) is 73.2 Å². The van der Waals surface area contributed by atoms with Gasteiger partial charge in [0, 0.05) is 31.5 Å². The van der Waals surface area contributed by atoms with Crippen LogP contribution in [0.4, 0.5) is 4.79 Å². The topological polar surface area (TPSA) is 155 Å². The number of imide groups is 2. The van der Waals surface area contributed by atoms with Crippen LogP contribution in [0.15, 0.2) is 77.6 Å². The third-order valence-electron chi connectivity index (χ3n) is 5.59. The Balaban J connectivity index is 1.26. The molecule has 38 heavy (non-hydrogen) atoms. The fraction of sp³-hybridized carbons (Fsp3) is 0.154. The summed E-state index contributed by atoms with van der Waals surface area (Å²) in [6.45, 7) is 0.0566. The van der Waals surface area contributed by atoms with Crippen molar-refractivity contribution < 1.29 is 33.0 Å². The smallest absolute Gasteiger partial charge is 0.328 e. The molecule has 12 nitrogen and oxygen atoms in total. The van der Waals surface area contributed by atoms with Crippen LogP contribution >= 0.6 is 0 Å². The number of benzene rings is 2. The molecule has 2 N–H and O–H groups in total. The lowest BCUT2D eigenvalue weighted by molar-refractivity contribution is -0.153. The molecule has 1 saturated heterocycles. The van der Waals surface area contributed by atoms with E-state index in [4.69, 9.17) is 18.6 Å². The SMILES string of the molecule is COCCC1(Oc2ccc(Oc3ccc(-c4ncc(-c5ncccn5)o4)cc3)cc2)C(=O)NC(=O)NC1=O. The summed E-state index contributed by atoms with van der Waals surface area (Å²) >= 11 is 0. The number of hydrogen-bond donors (Lipinski definition) is 2. The van der Waals surface area contributed by atoms with Gasteiger partial charge >= 0.3 is 6.03 Å². The third-order valence-corrected chi connectivity index (χ3v) is 5.59. The quantitative estimate of drug-likeness (QED) is 0.318. The molecule has 2 aromatic heterocycles. The fourth-order valence-electron chi connectivity index (χ4n) is 3.67. The number of nitrogens with zero attached hydrogens (tertiary/aromatic N) is 3. The van der Waals surface area contributed by atoms with Gasteiger partial charge in [-0.05, 0) is 54.6 Å². The highest BCUT2D eigenvalue weighted by molar-refractivity contribution is 6.21. The Morgan fingerprint density at radius 2 is 1.45 bits per heavy atom. The van der Waals surface area contributed by atoms with Crippen LogP contribution in [0, 0.1) is 0 Å². The number of rotatable bonds is 9. The fourth-order valence-corrected chi connectivity index (χ4v) is 3.67. The van der Waals surface area contributed by atoms with Crippen LogP contribution in [0.2, 0.25) is 0 Å². The lowest BCUT2D eigenvalue weighted by Crippen LogP contribution is -2.69. The number of methoxy groups -OCH3 is 1. The number of hydrogen-bond acceptors (Lipinski definition) is 10. The zero-order chi connectivity index (χ0) is 26.5. The average molecular weight is 515 g/mol. The Bertz CT molecular complexity index is 1430. The van der Waals surface area contributed by atoms with Crippen molar-refractivity contribution in [1.29, 1.82) is 0 Å². The van der Waals surface area contributed by atoms with Crippen molar-refractivity contribution >= 4 is 17.8 Å². The predicted molar refractivity (Wildman–Crippen MR) is 131 cm³/mol. The minimum Gasteiger partial charge on any atom is -0.467 e. The van der Waals surface area contributed by atoms with Gasteiger partial charge in [-0.2, -0.15) is 0 Å². The first kappa shape index (κ1) is 24.6. The summed E-state index contributed by atoms with van der Waals surface area (Å²) in [7, 11) is 1.43. The van der Waals surface area contributed by atoms with Crippen molar-refractivity contribution in [3.8, 4) is 40.3 Å². The van der Waals surface area contributed by atoms with Gasteiger partial charge in [-0.3, -0.25) is 20.2 Å². The molecule has 12 heteroatoms. The Labute approximate surface area is 216 Å². The lowest BCUT2D eigenvalue weighted by atomic mass is 9.95. The van der Waals surface area contributed by atoms with Gasteiger partial charge in [0.1, 0.15) is 17.2 Å². The largest absolute Gasteiger partial charge is 0.467 e. The molecule has 0 saturated carbocycles. The van der Waals surface area contributed by atoms with Crippen molar-refractivity contribution in [2.75, 3.05) is 13.7 Å². The monoisotopic (exact) mass is 515 g/mol. The van der Waals surface area contributed by atoms with E-state index in [1.165, 1.54) is 7.11 Å². The van der Waals surface area contributed by atoms with E-state index in [0.29, 0.717) is 29.0 Å². The standard InChI is InChI=1S/C26H21N5O7/c1-35-14-11-26(23(32)30-25(34)31-24(26)33)38-19-9-7-18(8-10-19)36-17-5-3-16(4-6-17)22-29-15-20(37-22)21-27-12-2-13-28-21/h2-10,12-13,15H,11,14H2,1H3,(H2,30,31,32,33,34). The highest BCUT2D eigenvalue weighted by Gasteiger charge is 2.52. The molecule has 4 amide bonds. The number of amides is 4. The zero-order valence-corrected chi connectivity index (χ0v) is 20.0. The Morgan fingerprint density at radius 3 is 2.08 bits per heavy atom. The second-order valence-electron chi connectivity index (χ2n) is 8.11. The van der Waals surface area contributed by atoms with Crippen LogP contribution in [-0.2, 0) is 14.3 Å². The number of urea groups is 1. The van der Waals surface area contributed by atoms with E-state index in [-0.39, 0.29) is 18.8 Å². The molecule has 1 aliphatic rings. The van der Waals surface area contributed by atoms with Crippen LogP contribution in [0.3, 0.4) is 0 Å². The summed E-state index contributed by atoms with van der Waals surface area (Å²) in [5.74, 6) is 0.871. The number of ether oxygens (including phenoxy) is 3. The van der Waals surface area contributed by atoms with E-state index in [0.717, 1.165) is 5.56 Å². The molecule has 2 aromatic carbocycles. The first-order valence-electron chi connectivity index (χ1n) is 11.4. The van der Waals surface area contributed by atoms with Crippen LogP contribution in [0.25, 0.3) is 23.0 Å². The van der Waals surface area contributed by atoms with Crippen molar-refractivity contribution in [2.45, 2.75) is 12.0 Å². The van der Waals surface area contributed by atoms with Crippen LogP contribution in [-0.4, -0.2) is 52.1 Å². The summed E-state index contributed by atoms with van der Waals surface area (Å²) in [5.41, 5.74) is -1.21. The average Bonchev–Trinajstić information content (AvgIpc) is 3.42. The van der Waals surface area contributed by atoms with Crippen LogP contribution in [0.1, 0.15) is 6.42 Å². The summed E-state index contributed by atoms with van der Waals surface area (Å²) in [5, 5.41) is 4.13. The molecule has 0 aliphatic carbocycles. The van der Waals surface area contributed by atoms with Crippen molar-refractivity contribution in [2.24, 2.45) is 0 Å². The van der Waals surface area contributed by atoms with Gasteiger partial charge < -0.3 is 18.6 Å². The molecule has 1 fully saturated rings. The molecule has 3 heterocycles. The Hall–Kier alpha value is -5.10. The molecule has 0 radical (unpaired) electrons. The summed E-state index contributed by atoms with van der Waals surface area (Å²) in [4.78, 5) is 49.2. The van der Waals surface area contributed by atoms with Crippen molar-refractivity contribution in [1.82, 2.24) is 25.6 Å². The highest BCUT2D eigenvalue weighted by atomic mass is 16.5. The molecule has 0 unspecified atom stereocenters. The number of oxazole rings is 1. The molecule has 0 atom stereocenters. The summed E-state index contributed by atoms with van der Waals surface area (Å²) in [6, 6.07) is 14.3.